The Bertz CT molecular complexity index is 462. The van der Waals surface area contributed by atoms with Gasteiger partial charge in [0, 0.05) is 12.2 Å². The van der Waals surface area contributed by atoms with E-state index >= 15 is 0 Å². The van der Waals surface area contributed by atoms with Gasteiger partial charge in [-0.3, -0.25) is 0 Å². The molecule has 0 saturated heterocycles. The minimum Gasteiger partial charge on any atom is -0.444 e. The smallest absolute Gasteiger partial charge is 0.407 e. The standard InChI is InChI=1S/C15H24N2O2/c1-10-6-7-11(2)13(16)12(10)8-9-17-14(18)19-15(3,4)5/h6-7H,8-9,16H2,1-5H3,(H,17,18). The second kappa shape index (κ2) is 5.95. The zero-order valence-corrected chi connectivity index (χ0v) is 12.5. The van der Waals surface area contributed by atoms with Crippen molar-refractivity contribution in [1.82, 2.24) is 5.32 Å². The predicted molar refractivity (Wildman–Crippen MR) is 78.3 cm³/mol. The zero-order chi connectivity index (χ0) is 14.6. The van der Waals surface area contributed by atoms with Crippen molar-refractivity contribution in [1.29, 1.82) is 0 Å². The number of nitrogens with one attached hydrogen (secondary N) is 1. The van der Waals surface area contributed by atoms with Crippen LogP contribution in [-0.4, -0.2) is 18.2 Å². The molecule has 0 aliphatic rings. The third-order valence-electron chi connectivity index (χ3n) is 2.85. The summed E-state index contributed by atoms with van der Waals surface area (Å²) in [6.07, 6.45) is 0.315. The molecule has 0 saturated carbocycles. The number of alkyl carbamates (subject to hydrolysis) is 1. The third-order valence-corrected chi connectivity index (χ3v) is 2.85. The van der Waals surface area contributed by atoms with Crippen LogP contribution in [0.25, 0.3) is 0 Å². The third kappa shape index (κ3) is 4.81. The van der Waals surface area contributed by atoms with Crippen LogP contribution in [0.3, 0.4) is 0 Å². The Morgan fingerprint density at radius 1 is 1.26 bits per heavy atom. The van der Waals surface area contributed by atoms with Gasteiger partial charge in [0.2, 0.25) is 0 Å². The highest BCUT2D eigenvalue weighted by molar-refractivity contribution is 5.67. The van der Waals surface area contributed by atoms with Crippen molar-refractivity contribution in [3.8, 4) is 0 Å². The van der Waals surface area contributed by atoms with E-state index in [1.807, 2.05) is 40.7 Å². The van der Waals surface area contributed by atoms with Gasteiger partial charge in [-0.1, -0.05) is 12.1 Å². The number of rotatable bonds is 3. The number of hydrogen-bond acceptors (Lipinski definition) is 3. The molecular weight excluding hydrogens is 240 g/mol. The van der Waals surface area contributed by atoms with Crippen LogP contribution in [0.1, 0.15) is 37.5 Å². The number of carbonyl (C=O) groups is 1. The van der Waals surface area contributed by atoms with Gasteiger partial charge in [0.1, 0.15) is 5.60 Å². The minimum absolute atomic E-state index is 0.392. The van der Waals surface area contributed by atoms with E-state index in [-0.39, 0.29) is 0 Å². The first-order valence-electron chi connectivity index (χ1n) is 6.52. The highest BCUT2D eigenvalue weighted by Crippen LogP contribution is 2.21. The fourth-order valence-corrected chi connectivity index (χ4v) is 1.83. The van der Waals surface area contributed by atoms with Gasteiger partial charge in [0.15, 0.2) is 0 Å². The lowest BCUT2D eigenvalue weighted by Crippen LogP contribution is -2.33. The number of ether oxygens (including phenoxy) is 1. The van der Waals surface area contributed by atoms with E-state index in [0.29, 0.717) is 13.0 Å². The number of amides is 1. The topological polar surface area (TPSA) is 64.3 Å². The summed E-state index contributed by atoms with van der Waals surface area (Å²) in [6.45, 7) is 10.1. The molecule has 0 fully saturated rings. The Balaban J connectivity index is 2.55. The first-order valence-corrected chi connectivity index (χ1v) is 6.52. The lowest BCUT2D eigenvalue weighted by molar-refractivity contribution is 0.0528. The van der Waals surface area contributed by atoms with Crippen molar-refractivity contribution < 1.29 is 9.53 Å². The number of carbonyl (C=O) groups excluding carboxylic acids is 1. The summed E-state index contributed by atoms with van der Waals surface area (Å²) >= 11 is 0. The molecule has 0 unspecified atom stereocenters. The molecule has 19 heavy (non-hydrogen) atoms. The number of aryl methyl sites for hydroxylation is 2. The molecule has 106 valence electrons. The lowest BCUT2D eigenvalue weighted by Gasteiger charge is -2.20. The highest BCUT2D eigenvalue weighted by atomic mass is 16.6. The molecule has 0 bridgehead atoms. The average Bonchev–Trinajstić information content (AvgIpc) is 2.26. The van der Waals surface area contributed by atoms with Crippen molar-refractivity contribution in [2.24, 2.45) is 0 Å². The number of nitrogens with two attached hydrogens (primary N) is 1. The number of hydrogen-bond donors (Lipinski definition) is 2. The number of benzene rings is 1. The van der Waals surface area contributed by atoms with Gasteiger partial charge >= 0.3 is 6.09 Å². The molecule has 3 N–H and O–H groups in total. The Morgan fingerprint density at radius 2 is 1.84 bits per heavy atom. The molecule has 0 heterocycles. The van der Waals surface area contributed by atoms with Crippen molar-refractivity contribution in [2.75, 3.05) is 12.3 Å². The van der Waals surface area contributed by atoms with Crippen molar-refractivity contribution in [2.45, 2.75) is 46.6 Å². The van der Waals surface area contributed by atoms with Crippen LogP contribution >= 0.6 is 0 Å². The molecule has 0 aliphatic heterocycles. The average molecular weight is 264 g/mol. The quantitative estimate of drug-likeness (QED) is 0.825. The summed E-state index contributed by atoms with van der Waals surface area (Å²) in [6, 6.07) is 4.06. The van der Waals surface area contributed by atoms with Gasteiger partial charge in [-0.2, -0.15) is 0 Å². The largest absolute Gasteiger partial charge is 0.444 e. The summed E-state index contributed by atoms with van der Waals surface area (Å²) < 4.78 is 5.18. The van der Waals surface area contributed by atoms with E-state index in [0.717, 1.165) is 22.4 Å². The Hall–Kier alpha value is -1.71. The van der Waals surface area contributed by atoms with E-state index in [9.17, 15) is 4.79 Å². The molecular formula is C15H24N2O2. The maximum atomic E-state index is 11.5. The zero-order valence-electron chi connectivity index (χ0n) is 12.5. The normalized spacial score (nSPS) is 11.2. The van der Waals surface area contributed by atoms with Crippen molar-refractivity contribution in [3.63, 3.8) is 0 Å². The summed E-state index contributed by atoms with van der Waals surface area (Å²) in [7, 11) is 0. The molecule has 4 heteroatoms. The molecule has 0 aliphatic carbocycles. The van der Waals surface area contributed by atoms with Gasteiger partial charge in [0.25, 0.3) is 0 Å². The first-order chi connectivity index (χ1) is 8.70. The van der Waals surface area contributed by atoms with Gasteiger partial charge < -0.3 is 15.8 Å². The van der Waals surface area contributed by atoms with Crippen LogP contribution in [0.15, 0.2) is 12.1 Å². The maximum absolute atomic E-state index is 11.5. The van der Waals surface area contributed by atoms with Crippen LogP contribution in [0.5, 0.6) is 0 Å². The molecule has 1 amide bonds. The van der Waals surface area contributed by atoms with Crippen molar-refractivity contribution in [3.05, 3.63) is 28.8 Å². The van der Waals surface area contributed by atoms with E-state index in [2.05, 4.69) is 11.4 Å². The number of nitrogen functional groups attached to an aromatic ring is 1. The Labute approximate surface area is 115 Å². The van der Waals surface area contributed by atoms with Gasteiger partial charge in [-0.05, 0) is 57.7 Å². The number of anilines is 1. The van der Waals surface area contributed by atoms with Crippen LogP contribution in [0, 0.1) is 13.8 Å². The molecule has 1 aromatic rings. The predicted octanol–water partition coefficient (Wildman–Crippen LogP) is 2.95. The second-order valence-electron chi connectivity index (χ2n) is 5.77. The molecule has 4 nitrogen and oxygen atoms in total. The van der Waals surface area contributed by atoms with Crippen LogP contribution < -0.4 is 11.1 Å². The van der Waals surface area contributed by atoms with Gasteiger partial charge in [-0.25, -0.2) is 4.79 Å². The Morgan fingerprint density at radius 3 is 2.42 bits per heavy atom. The molecule has 1 aromatic carbocycles. The summed E-state index contributed by atoms with van der Waals surface area (Å²) in [4.78, 5) is 11.5. The monoisotopic (exact) mass is 264 g/mol. The summed E-state index contributed by atoms with van der Waals surface area (Å²) in [5.41, 5.74) is 9.71. The second-order valence-corrected chi connectivity index (χ2v) is 5.77. The lowest BCUT2D eigenvalue weighted by atomic mass is 10.00. The minimum atomic E-state index is -0.470. The van der Waals surface area contributed by atoms with Crippen LogP contribution in [0.4, 0.5) is 10.5 Å². The Kier molecular flexibility index (Phi) is 4.81. The van der Waals surface area contributed by atoms with E-state index in [4.69, 9.17) is 10.5 Å². The fraction of sp³-hybridized carbons (Fsp3) is 0.533. The van der Waals surface area contributed by atoms with Crippen molar-refractivity contribution >= 4 is 11.8 Å². The molecule has 0 atom stereocenters. The van der Waals surface area contributed by atoms with E-state index in [1.54, 1.807) is 0 Å². The van der Waals surface area contributed by atoms with E-state index < -0.39 is 11.7 Å². The van der Waals surface area contributed by atoms with Crippen LogP contribution in [-0.2, 0) is 11.2 Å². The van der Waals surface area contributed by atoms with E-state index in [1.165, 1.54) is 0 Å². The highest BCUT2D eigenvalue weighted by Gasteiger charge is 2.15. The molecule has 0 spiro atoms. The first kappa shape index (κ1) is 15.3. The van der Waals surface area contributed by atoms with Crippen LogP contribution in [0.2, 0.25) is 0 Å². The molecule has 0 aromatic heterocycles. The SMILES string of the molecule is Cc1ccc(C)c(CCNC(=O)OC(C)(C)C)c1N. The fourth-order valence-electron chi connectivity index (χ4n) is 1.83. The molecule has 0 radical (unpaired) electrons. The maximum Gasteiger partial charge on any atom is 0.407 e. The van der Waals surface area contributed by atoms with Gasteiger partial charge in [0.05, 0.1) is 0 Å². The van der Waals surface area contributed by atoms with Gasteiger partial charge in [-0.15, -0.1) is 0 Å². The summed E-state index contributed by atoms with van der Waals surface area (Å²) in [5, 5.41) is 2.74. The molecule has 1 rings (SSSR count). The summed E-state index contributed by atoms with van der Waals surface area (Å²) in [5.74, 6) is 0.